The van der Waals surface area contributed by atoms with Crippen molar-refractivity contribution in [3.63, 3.8) is 0 Å². The summed E-state index contributed by atoms with van der Waals surface area (Å²) in [5.74, 6) is -0.488. The summed E-state index contributed by atoms with van der Waals surface area (Å²) in [6, 6.07) is -0.0870. The van der Waals surface area contributed by atoms with Gasteiger partial charge in [0.1, 0.15) is 0 Å². The molecule has 10 heteroatoms. The number of hydrogen-bond donors (Lipinski definition) is 2. The molecule has 2 N–H and O–H groups in total. The van der Waals surface area contributed by atoms with Gasteiger partial charge in [-0.05, 0) is 6.42 Å². The van der Waals surface area contributed by atoms with Gasteiger partial charge in [-0.1, -0.05) is 0 Å². The number of nitrogens with one attached hydrogen (secondary N) is 2. The molecule has 3 amide bonds. The van der Waals surface area contributed by atoms with Crippen LogP contribution in [0.3, 0.4) is 0 Å². The Morgan fingerprint density at radius 1 is 1.37 bits per heavy atom. The zero-order chi connectivity index (χ0) is 19.2. The van der Waals surface area contributed by atoms with Crippen LogP contribution in [0.25, 0.3) is 4.96 Å². The summed E-state index contributed by atoms with van der Waals surface area (Å²) < 4.78 is 7.41. The Balaban J connectivity index is 1.50. The molecule has 0 saturated carbocycles. The Bertz CT molecular complexity index is 789. The lowest BCUT2D eigenvalue weighted by Crippen LogP contribution is -2.50. The smallest absolute Gasteiger partial charge is 0.239 e. The molecule has 0 bridgehead atoms. The fourth-order valence-electron chi connectivity index (χ4n) is 2.99. The zero-order valence-electron chi connectivity index (χ0n) is 15.1. The molecule has 2 aromatic rings. The molecule has 1 aliphatic rings. The maximum Gasteiger partial charge on any atom is 0.239 e. The van der Waals surface area contributed by atoms with E-state index in [-0.39, 0.29) is 36.7 Å². The minimum Gasteiger partial charge on any atom is -0.377 e. The number of thiazole rings is 1. The van der Waals surface area contributed by atoms with E-state index in [9.17, 15) is 14.4 Å². The number of aromatic nitrogens is 2. The summed E-state index contributed by atoms with van der Waals surface area (Å²) in [6.45, 7) is 3.22. The fraction of sp³-hybridized carbons (Fsp3) is 0.529. The summed E-state index contributed by atoms with van der Waals surface area (Å²) in [5.41, 5.74) is 0.751. The van der Waals surface area contributed by atoms with Gasteiger partial charge in [-0.3, -0.25) is 18.8 Å². The monoisotopic (exact) mass is 393 g/mol. The highest BCUT2D eigenvalue weighted by Gasteiger charge is 2.27. The quantitative estimate of drug-likeness (QED) is 0.678. The van der Waals surface area contributed by atoms with Crippen molar-refractivity contribution in [2.45, 2.75) is 25.8 Å². The molecule has 1 aliphatic heterocycles. The summed E-state index contributed by atoms with van der Waals surface area (Å²) in [4.78, 5) is 42.4. The number of carbonyl (C=O) groups is 3. The van der Waals surface area contributed by atoms with Gasteiger partial charge < -0.3 is 20.3 Å². The van der Waals surface area contributed by atoms with E-state index in [4.69, 9.17) is 4.74 Å². The highest BCUT2D eigenvalue weighted by Crippen LogP contribution is 2.15. The highest BCUT2D eigenvalue weighted by molar-refractivity contribution is 7.15. The molecule has 1 fully saturated rings. The summed E-state index contributed by atoms with van der Waals surface area (Å²) >= 11 is 1.53. The van der Waals surface area contributed by atoms with Gasteiger partial charge in [0.25, 0.3) is 0 Å². The van der Waals surface area contributed by atoms with Crippen molar-refractivity contribution >= 4 is 34.0 Å². The summed E-state index contributed by atoms with van der Waals surface area (Å²) in [5, 5.41) is 7.15. The SMILES string of the molecule is CC(=O)NCC(=O)NCCC1COCCN1C(=O)Cc1cn2ccsc2n1. The third kappa shape index (κ3) is 5.27. The van der Waals surface area contributed by atoms with Gasteiger partial charge in [0.2, 0.25) is 17.7 Å². The first-order valence-corrected chi connectivity index (χ1v) is 9.70. The molecule has 0 radical (unpaired) electrons. The average molecular weight is 393 g/mol. The van der Waals surface area contributed by atoms with Crippen LogP contribution in [0.1, 0.15) is 19.0 Å². The number of morpholine rings is 1. The number of hydrogen-bond acceptors (Lipinski definition) is 6. The molecule has 3 rings (SSSR count). The van der Waals surface area contributed by atoms with Gasteiger partial charge in [0.15, 0.2) is 4.96 Å². The Morgan fingerprint density at radius 2 is 2.22 bits per heavy atom. The van der Waals surface area contributed by atoms with Gasteiger partial charge in [-0.15, -0.1) is 11.3 Å². The number of carbonyl (C=O) groups excluding carboxylic acids is 3. The van der Waals surface area contributed by atoms with E-state index >= 15 is 0 Å². The van der Waals surface area contributed by atoms with E-state index in [2.05, 4.69) is 15.6 Å². The van der Waals surface area contributed by atoms with Gasteiger partial charge in [0, 0.05) is 37.8 Å². The first-order chi connectivity index (χ1) is 13.0. The molecule has 3 heterocycles. The predicted molar refractivity (Wildman–Crippen MR) is 99.4 cm³/mol. The van der Waals surface area contributed by atoms with Crippen LogP contribution in [0.15, 0.2) is 17.8 Å². The van der Waals surface area contributed by atoms with E-state index in [1.165, 1.54) is 18.3 Å². The molecule has 0 spiro atoms. The van der Waals surface area contributed by atoms with Crippen LogP contribution >= 0.6 is 11.3 Å². The number of fused-ring (bicyclic) bond motifs is 1. The highest BCUT2D eigenvalue weighted by atomic mass is 32.1. The van der Waals surface area contributed by atoms with Crippen molar-refractivity contribution in [1.29, 1.82) is 0 Å². The lowest BCUT2D eigenvalue weighted by atomic mass is 10.1. The number of rotatable bonds is 7. The van der Waals surface area contributed by atoms with E-state index in [0.29, 0.717) is 32.7 Å². The van der Waals surface area contributed by atoms with Crippen molar-refractivity contribution in [2.24, 2.45) is 0 Å². The second-order valence-corrected chi connectivity index (χ2v) is 7.24. The third-order valence-electron chi connectivity index (χ3n) is 4.32. The molecular formula is C17H23N5O4S. The maximum absolute atomic E-state index is 12.7. The van der Waals surface area contributed by atoms with Crippen LogP contribution in [-0.2, 0) is 25.5 Å². The van der Waals surface area contributed by atoms with E-state index < -0.39 is 0 Å². The van der Waals surface area contributed by atoms with Crippen LogP contribution in [0.4, 0.5) is 0 Å². The van der Waals surface area contributed by atoms with Gasteiger partial charge in [-0.25, -0.2) is 4.98 Å². The maximum atomic E-state index is 12.7. The topological polar surface area (TPSA) is 105 Å². The summed E-state index contributed by atoms with van der Waals surface area (Å²) in [6.07, 6.45) is 4.64. The molecule has 9 nitrogen and oxygen atoms in total. The van der Waals surface area contributed by atoms with Gasteiger partial charge in [0.05, 0.1) is 37.9 Å². The van der Waals surface area contributed by atoms with Crippen LogP contribution in [0.2, 0.25) is 0 Å². The molecule has 1 saturated heterocycles. The fourth-order valence-corrected chi connectivity index (χ4v) is 3.70. The van der Waals surface area contributed by atoms with Crippen LogP contribution in [-0.4, -0.2) is 70.9 Å². The lowest BCUT2D eigenvalue weighted by Gasteiger charge is -2.35. The molecule has 27 heavy (non-hydrogen) atoms. The zero-order valence-corrected chi connectivity index (χ0v) is 16.0. The Labute approximate surface area is 160 Å². The Kier molecular flexibility index (Phi) is 6.40. The van der Waals surface area contributed by atoms with Crippen molar-refractivity contribution in [2.75, 3.05) is 32.8 Å². The average Bonchev–Trinajstić information content (AvgIpc) is 3.22. The first-order valence-electron chi connectivity index (χ1n) is 8.82. The Morgan fingerprint density at radius 3 is 3.00 bits per heavy atom. The van der Waals surface area contributed by atoms with E-state index in [0.717, 1.165) is 10.7 Å². The third-order valence-corrected chi connectivity index (χ3v) is 5.09. The van der Waals surface area contributed by atoms with Crippen molar-refractivity contribution < 1.29 is 19.1 Å². The van der Waals surface area contributed by atoms with E-state index in [1.807, 2.05) is 27.1 Å². The number of nitrogens with zero attached hydrogens (tertiary/aromatic N) is 3. The molecular weight excluding hydrogens is 370 g/mol. The number of imidazole rings is 1. The molecule has 0 aliphatic carbocycles. The lowest BCUT2D eigenvalue weighted by molar-refractivity contribution is -0.139. The second kappa shape index (κ2) is 8.96. The normalized spacial score (nSPS) is 17.1. The van der Waals surface area contributed by atoms with Crippen molar-refractivity contribution in [1.82, 2.24) is 24.9 Å². The van der Waals surface area contributed by atoms with Crippen LogP contribution in [0.5, 0.6) is 0 Å². The molecule has 1 unspecified atom stereocenters. The predicted octanol–water partition coefficient (Wildman–Crippen LogP) is -0.192. The summed E-state index contributed by atoms with van der Waals surface area (Å²) in [7, 11) is 0. The molecule has 2 aromatic heterocycles. The van der Waals surface area contributed by atoms with Gasteiger partial charge >= 0.3 is 0 Å². The van der Waals surface area contributed by atoms with Gasteiger partial charge in [-0.2, -0.15) is 0 Å². The minimum atomic E-state index is -0.252. The largest absolute Gasteiger partial charge is 0.377 e. The minimum absolute atomic E-state index is 0.0126. The van der Waals surface area contributed by atoms with Crippen molar-refractivity contribution in [3.8, 4) is 0 Å². The second-order valence-electron chi connectivity index (χ2n) is 6.37. The van der Waals surface area contributed by atoms with Crippen LogP contribution in [0, 0.1) is 0 Å². The number of amides is 3. The van der Waals surface area contributed by atoms with E-state index in [1.54, 1.807) is 0 Å². The standard InChI is InChI=1S/C17H23N5O4S/c1-12(23)19-9-15(24)18-3-2-14-11-26-6-4-22(14)16(25)8-13-10-21-5-7-27-17(21)20-13/h5,7,10,14H,2-4,6,8-9,11H2,1H3,(H,18,24)(H,19,23). The molecule has 146 valence electrons. The first kappa shape index (κ1) is 19.3. The van der Waals surface area contributed by atoms with Crippen molar-refractivity contribution in [3.05, 3.63) is 23.5 Å². The number of ether oxygens (including phenoxy) is 1. The molecule has 1 atom stereocenters. The Hall–Kier alpha value is -2.46. The van der Waals surface area contributed by atoms with Crippen LogP contribution < -0.4 is 10.6 Å². The molecule has 0 aromatic carbocycles.